The van der Waals surface area contributed by atoms with E-state index in [1.807, 2.05) is 91.0 Å². The van der Waals surface area contributed by atoms with Gasteiger partial charge in [0.15, 0.2) is 0 Å². The molecule has 7 heteroatoms. The predicted octanol–water partition coefficient (Wildman–Crippen LogP) is 5.43. The third-order valence-electron chi connectivity index (χ3n) is 5.82. The van der Waals surface area contributed by atoms with Crippen molar-refractivity contribution in [1.82, 2.24) is 0 Å². The monoisotopic (exact) mass is 554 g/mol. The molecule has 0 amide bonds. The summed E-state index contributed by atoms with van der Waals surface area (Å²) in [5.41, 5.74) is 3.13. The predicted molar refractivity (Wildman–Crippen MR) is 139 cm³/mol. The largest absolute Gasteiger partial charge is 0.435 e. The molecule has 1 heterocycles. The normalized spacial score (nSPS) is 23.8. The molecule has 0 saturated carbocycles. The van der Waals surface area contributed by atoms with Crippen LogP contribution in [-0.4, -0.2) is 42.0 Å². The minimum atomic E-state index is -0.842. The Morgan fingerprint density at radius 3 is 1.72 bits per heavy atom. The average molecular weight is 555 g/mol. The van der Waals surface area contributed by atoms with E-state index in [4.69, 9.17) is 23.7 Å². The number of hydrogen-bond donors (Lipinski definition) is 0. The van der Waals surface area contributed by atoms with E-state index in [0.29, 0.717) is 19.8 Å². The Morgan fingerprint density at radius 1 is 0.750 bits per heavy atom. The highest BCUT2D eigenvalue weighted by Crippen LogP contribution is 2.33. The number of halogens is 1. The molecular formula is C29H31BrO6. The number of ether oxygens (including phenoxy) is 5. The molecule has 0 spiro atoms. The molecule has 0 aliphatic carbocycles. The second-order valence-electron chi connectivity index (χ2n) is 8.62. The fourth-order valence-electron chi connectivity index (χ4n) is 4.05. The van der Waals surface area contributed by atoms with E-state index < -0.39 is 35.4 Å². The zero-order valence-corrected chi connectivity index (χ0v) is 21.8. The first kappa shape index (κ1) is 26.5. The first-order chi connectivity index (χ1) is 17.6. The summed E-state index contributed by atoms with van der Waals surface area (Å²) >= 11 is 3.67. The number of carbonyl (C=O) groups is 1. The summed E-state index contributed by atoms with van der Waals surface area (Å²) in [5.74, 6) is -0.432. The molecule has 1 fully saturated rings. The van der Waals surface area contributed by atoms with Gasteiger partial charge in [0.05, 0.1) is 26.4 Å². The van der Waals surface area contributed by atoms with Crippen molar-refractivity contribution >= 4 is 21.9 Å². The molecule has 0 aromatic heterocycles. The van der Waals surface area contributed by atoms with Crippen molar-refractivity contribution in [3.8, 4) is 0 Å². The summed E-state index contributed by atoms with van der Waals surface area (Å²) in [7, 11) is 0. The van der Waals surface area contributed by atoms with Gasteiger partial charge in [-0.25, -0.2) is 0 Å². The summed E-state index contributed by atoms with van der Waals surface area (Å²) in [5, 5.41) is 0. The van der Waals surface area contributed by atoms with Crippen LogP contribution in [-0.2, 0) is 48.3 Å². The number of benzene rings is 3. The Balaban J connectivity index is 1.52. The van der Waals surface area contributed by atoms with Gasteiger partial charge in [0.2, 0.25) is 6.29 Å². The van der Waals surface area contributed by atoms with Crippen molar-refractivity contribution in [3.63, 3.8) is 0 Å². The van der Waals surface area contributed by atoms with Crippen molar-refractivity contribution in [2.24, 2.45) is 0 Å². The van der Waals surface area contributed by atoms with Gasteiger partial charge in [0, 0.05) is 6.92 Å². The molecule has 5 atom stereocenters. The highest BCUT2D eigenvalue weighted by Gasteiger charge is 2.48. The first-order valence-corrected chi connectivity index (χ1v) is 12.9. The molecule has 3 aromatic rings. The number of carbonyl (C=O) groups excluding carboxylic acids is 1. The lowest BCUT2D eigenvalue weighted by atomic mass is 10.0. The van der Waals surface area contributed by atoms with Crippen LogP contribution in [0.1, 0.15) is 23.6 Å². The fraction of sp³-hybridized carbons (Fsp3) is 0.345. The van der Waals surface area contributed by atoms with Crippen molar-refractivity contribution in [2.45, 2.75) is 56.2 Å². The third kappa shape index (κ3) is 7.72. The zero-order chi connectivity index (χ0) is 25.2. The van der Waals surface area contributed by atoms with Crippen LogP contribution in [0.25, 0.3) is 0 Å². The molecule has 190 valence electrons. The Hall–Kier alpha value is -2.55. The lowest BCUT2D eigenvalue weighted by molar-refractivity contribution is -0.266. The summed E-state index contributed by atoms with van der Waals surface area (Å²) < 4.78 is 30.5. The summed E-state index contributed by atoms with van der Waals surface area (Å²) in [6, 6.07) is 29.8. The minimum Gasteiger partial charge on any atom is -0.435 e. The molecule has 0 bridgehead atoms. The van der Waals surface area contributed by atoms with Crippen molar-refractivity contribution in [2.75, 3.05) is 6.61 Å². The van der Waals surface area contributed by atoms with Crippen molar-refractivity contribution < 1.29 is 28.5 Å². The van der Waals surface area contributed by atoms with E-state index in [9.17, 15) is 4.79 Å². The molecule has 1 saturated heterocycles. The first-order valence-electron chi connectivity index (χ1n) is 12.0. The maximum Gasteiger partial charge on any atom is 0.304 e. The zero-order valence-electron chi connectivity index (χ0n) is 20.2. The Labute approximate surface area is 220 Å². The van der Waals surface area contributed by atoms with Crippen LogP contribution >= 0.6 is 15.9 Å². The maximum atomic E-state index is 11.8. The van der Waals surface area contributed by atoms with Gasteiger partial charge in [0.1, 0.15) is 23.1 Å². The van der Waals surface area contributed by atoms with Gasteiger partial charge in [-0.05, 0) is 16.7 Å². The number of rotatable bonds is 11. The van der Waals surface area contributed by atoms with Gasteiger partial charge in [-0.2, -0.15) is 0 Å². The molecule has 1 aliphatic heterocycles. The lowest BCUT2D eigenvalue weighted by Crippen LogP contribution is -2.59. The molecule has 4 rings (SSSR count). The van der Waals surface area contributed by atoms with Crippen LogP contribution in [0, 0.1) is 0 Å². The van der Waals surface area contributed by atoms with Crippen LogP contribution < -0.4 is 0 Å². The van der Waals surface area contributed by atoms with E-state index in [2.05, 4.69) is 15.9 Å². The average Bonchev–Trinajstić information content (AvgIpc) is 2.90. The SMILES string of the molecule is CC(=O)O[C@H]1O[C@H](COCc2ccccc2)[C@H](OCc2ccccc2)[C@H](OCc2ccccc2)[C@H]1Br. The molecule has 0 unspecified atom stereocenters. The molecule has 0 N–H and O–H groups in total. The van der Waals surface area contributed by atoms with Crippen LogP contribution in [0.3, 0.4) is 0 Å². The van der Waals surface area contributed by atoms with Crippen LogP contribution in [0.5, 0.6) is 0 Å². The standard InChI is InChI=1S/C29H31BrO6/c1-21(31)35-29-26(30)28(34-19-24-15-9-4-10-16-24)27(33-18-23-13-7-3-8-14-23)25(36-29)20-32-17-22-11-5-2-6-12-22/h2-16,25-29H,17-20H2,1H3/t25-,26-,27+,28-,29+/m1/s1. The Morgan fingerprint density at radius 2 is 1.22 bits per heavy atom. The van der Waals surface area contributed by atoms with Crippen molar-refractivity contribution in [1.29, 1.82) is 0 Å². The van der Waals surface area contributed by atoms with Gasteiger partial charge in [-0.15, -0.1) is 0 Å². The van der Waals surface area contributed by atoms with Crippen LogP contribution in [0.2, 0.25) is 0 Å². The van der Waals surface area contributed by atoms with E-state index >= 15 is 0 Å². The molecule has 0 radical (unpaired) electrons. The third-order valence-corrected chi connectivity index (χ3v) is 6.77. The van der Waals surface area contributed by atoms with Gasteiger partial charge >= 0.3 is 5.97 Å². The number of alkyl halides is 1. The van der Waals surface area contributed by atoms with E-state index in [1.54, 1.807) is 0 Å². The summed E-state index contributed by atoms with van der Waals surface area (Å²) in [6.45, 7) is 2.80. The van der Waals surface area contributed by atoms with E-state index in [-0.39, 0.29) is 6.61 Å². The van der Waals surface area contributed by atoms with E-state index in [0.717, 1.165) is 16.7 Å². The Kier molecular flexibility index (Phi) is 10.1. The summed E-state index contributed by atoms with van der Waals surface area (Å²) in [6.07, 6.45) is -2.29. The topological polar surface area (TPSA) is 63.2 Å². The smallest absolute Gasteiger partial charge is 0.304 e. The van der Waals surface area contributed by atoms with Crippen molar-refractivity contribution in [3.05, 3.63) is 108 Å². The van der Waals surface area contributed by atoms with Crippen LogP contribution in [0.4, 0.5) is 0 Å². The second kappa shape index (κ2) is 13.7. The molecular weight excluding hydrogens is 524 g/mol. The van der Waals surface area contributed by atoms with E-state index in [1.165, 1.54) is 6.92 Å². The number of esters is 1. The minimum absolute atomic E-state index is 0.247. The van der Waals surface area contributed by atoms with Gasteiger partial charge in [-0.1, -0.05) is 107 Å². The lowest BCUT2D eigenvalue weighted by Gasteiger charge is -2.43. The molecule has 1 aliphatic rings. The second-order valence-corrected chi connectivity index (χ2v) is 9.68. The highest BCUT2D eigenvalue weighted by molar-refractivity contribution is 9.09. The maximum absolute atomic E-state index is 11.8. The Bertz CT molecular complexity index is 1050. The summed E-state index contributed by atoms with van der Waals surface area (Å²) in [4.78, 5) is 11.4. The highest BCUT2D eigenvalue weighted by atomic mass is 79.9. The van der Waals surface area contributed by atoms with Gasteiger partial charge in [0.25, 0.3) is 0 Å². The number of hydrogen-bond acceptors (Lipinski definition) is 6. The quantitative estimate of drug-likeness (QED) is 0.233. The van der Waals surface area contributed by atoms with Gasteiger partial charge in [-0.3, -0.25) is 4.79 Å². The fourth-order valence-corrected chi connectivity index (χ4v) is 4.74. The molecule has 36 heavy (non-hydrogen) atoms. The van der Waals surface area contributed by atoms with Crippen LogP contribution in [0.15, 0.2) is 91.0 Å². The van der Waals surface area contributed by atoms with Gasteiger partial charge < -0.3 is 23.7 Å². The molecule has 3 aromatic carbocycles. The molecule has 6 nitrogen and oxygen atoms in total.